The number of rotatable bonds is 1. The second-order valence-corrected chi connectivity index (χ2v) is 11.2. The van der Waals surface area contributed by atoms with Crippen molar-refractivity contribution in [3.8, 4) is 0 Å². The summed E-state index contributed by atoms with van der Waals surface area (Å²) in [6, 6.07) is 0. The average Bonchev–Trinajstić information content (AvgIpc) is 2.70. The molecule has 0 radical (unpaired) electrons. The van der Waals surface area contributed by atoms with E-state index >= 15 is 0 Å². The number of hydrogen-bond acceptors (Lipinski definition) is 3. The van der Waals surface area contributed by atoms with Crippen LogP contribution in [0.25, 0.3) is 0 Å². The first-order valence-corrected chi connectivity index (χ1v) is 11.8. The van der Waals surface area contributed by atoms with Gasteiger partial charge in [0.25, 0.3) is 0 Å². The van der Waals surface area contributed by atoms with Crippen molar-refractivity contribution in [2.45, 2.75) is 83.7 Å². The van der Waals surface area contributed by atoms with Crippen molar-refractivity contribution < 1.29 is 40.7 Å². The molecule has 10 heteroatoms. The van der Waals surface area contributed by atoms with Gasteiger partial charge in [0, 0.05) is 13.1 Å². The molecule has 4 rings (SSSR count). The third-order valence-corrected chi connectivity index (χ3v) is 9.43. The molecule has 0 N–H and O–H groups in total. The summed E-state index contributed by atoms with van der Waals surface area (Å²) in [5, 5.41) is 0. The van der Waals surface area contributed by atoms with Crippen LogP contribution in [0.1, 0.15) is 65.2 Å². The highest BCUT2D eigenvalue weighted by Crippen LogP contribution is 2.64. The molecule has 3 aliphatic carbocycles. The van der Waals surface area contributed by atoms with Crippen LogP contribution in [0.4, 0.5) is 26.3 Å². The summed E-state index contributed by atoms with van der Waals surface area (Å²) in [6.07, 6.45) is -5.27. The number of ether oxygens (including phenoxy) is 1. The molecule has 188 valence electrons. The van der Waals surface area contributed by atoms with Gasteiger partial charge < -0.3 is 9.64 Å². The van der Waals surface area contributed by atoms with Crippen LogP contribution in [-0.2, 0) is 14.3 Å². The molecule has 0 aromatic heterocycles. The van der Waals surface area contributed by atoms with Gasteiger partial charge in [0.2, 0.25) is 0 Å². The lowest BCUT2D eigenvalue weighted by Crippen LogP contribution is -2.60. The van der Waals surface area contributed by atoms with Crippen molar-refractivity contribution in [3.63, 3.8) is 0 Å². The van der Waals surface area contributed by atoms with Gasteiger partial charge in [-0.25, -0.2) is 4.79 Å². The summed E-state index contributed by atoms with van der Waals surface area (Å²) in [5.74, 6) is -2.81. The molecule has 4 aliphatic rings. The van der Waals surface area contributed by atoms with E-state index in [2.05, 4.69) is 6.92 Å². The smallest absolute Gasteiger partial charge is 0.456 e. The zero-order chi connectivity index (χ0) is 24.4. The van der Waals surface area contributed by atoms with Crippen LogP contribution in [0.5, 0.6) is 0 Å². The quantitative estimate of drug-likeness (QED) is 0.365. The van der Waals surface area contributed by atoms with Gasteiger partial charge in [0.05, 0.1) is 0 Å². The monoisotopic (exact) mass is 483 g/mol. The summed E-state index contributed by atoms with van der Waals surface area (Å²) in [7, 11) is 0. The van der Waals surface area contributed by atoms with Crippen LogP contribution in [0.2, 0.25) is 0 Å². The summed E-state index contributed by atoms with van der Waals surface area (Å²) in [5.41, 5.74) is -0.437. The predicted molar refractivity (Wildman–Crippen MR) is 106 cm³/mol. The molecule has 4 nitrogen and oxygen atoms in total. The van der Waals surface area contributed by atoms with Gasteiger partial charge >= 0.3 is 24.2 Å². The number of hydrogen-bond donors (Lipinski definition) is 0. The van der Waals surface area contributed by atoms with E-state index in [1.165, 1.54) is 0 Å². The van der Waals surface area contributed by atoms with Crippen LogP contribution in [0.3, 0.4) is 0 Å². The minimum Gasteiger partial charge on any atom is -0.456 e. The van der Waals surface area contributed by atoms with E-state index in [1.807, 2.05) is 6.92 Å². The molecule has 0 aromatic rings. The third kappa shape index (κ3) is 4.35. The van der Waals surface area contributed by atoms with Crippen molar-refractivity contribution >= 4 is 11.9 Å². The Bertz CT molecular complexity index is 798. The molecule has 1 saturated heterocycles. The minimum absolute atomic E-state index is 0.0791. The van der Waals surface area contributed by atoms with Gasteiger partial charge in [0.15, 0.2) is 0 Å². The topological polar surface area (TPSA) is 46.6 Å². The number of likely N-dealkylation sites (tertiary alicyclic amines) is 1. The summed E-state index contributed by atoms with van der Waals surface area (Å²) >= 11 is 0. The Morgan fingerprint density at radius 2 is 1.58 bits per heavy atom. The maximum absolute atomic E-state index is 13.0. The van der Waals surface area contributed by atoms with Crippen molar-refractivity contribution in [1.82, 2.24) is 4.90 Å². The molecule has 1 heterocycles. The van der Waals surface area contributed by atoms with E-state index in [1.54, 1.807) is 0 Å². The first kappa shape index (κ1) is 24.6. The normalized spacial score (nSPS) is 41.5. The lowest BCUT2D eigenvalue weighted by atomic mass is 9.44. The SMILES string of the molecule is C[C@]12CC[C@H]3[C@@H](CC[C@H]4C[C@@H](OC(=O)C(F)(F)F)CC[C@@]43C)[C@@H]1CCN(C(=O)C(F)(F)F)C2. The zero-order valence-corrected chi connectivity index (χ0v) is 18.9. The highest BCUT2D eigenvalue weighted by atomic mass is 19.4. The summed E-state index contributed by atoms with van der Waals surface area (Å²) < 4.78 is 81.5. The van der Waals surface area contributed by atoms with Crippen LogP contribution in [0, 0.1) is 34.5 Å². The second kappa shape index (κ2) is 8.04. The van der Waals surface area contributed by atoms with E-state index < -0.39 is 30.3 Å². The van der Waals surface area contributed by atoms with E-state index in [-0.39, 0.29) is 35.8 Å². The van der Waals surface area contributed by atoms with Gasteiger partial charge in [-0.2, -0.15) is 26.3 Å². The maximum Gasteiger partial charge on any atom is 0.490 e. The number of amides is 1. The Hall–Kier alpha value is -1.48. The van der Waals surface area contributed by atoms with E-state index in [4.69, 9.17) is 4.74 Å². The van der Waals surface area contributed by atoms with Crippen LogP contribution >= 0.6 is 0 Å². The molecule has 1 amide bonds. The maximum atomic E-state index is 13.0. The number of fused-ring (bicyclic) bond motifs is 5. The van der Waals surface area contributed by atoms with Crippen molar-refractivity contribution in [3.05, 3.63) is 0 Å². The molecular formula is C23H31F6NO3. The van der Waals surface area contributed by atoms with Gasteiger partial charge in [-0.15, -0.1) is 0 Å². The van der Waals surface area contributed by atoms with Crippen LogP contribution in [0.15, 0.2) is 0 Å². The fraction of sp³-hybridized carbons (Fsp3) is 0.913. The standard InChI is InChI=1S/C23H31F6NO3/c1-20-8-6-17-15(16(20)7-10-30(12-20)18(31)22(24,25)26)4-3-13-11-14(5-9-21(13,17)2)33-19(32)23(27,28)29/h13-17H,3-12H2,1-2H3/t13-,14-,15-,16-,17-,20+,21-/m0/s1. The number of esters is 1. The van der Waals surface area contributed by atoms with E-state index in [9.17, 15) is 35.9 Å². The van der Waals surface area contributed by atoms with Crippen molar-refractivity contribution in [2.75, 3.05) is 13.1 Å². The molecule has 0 unspecified atom stereocenters. The largest absolute Gasteiger partial charge is 0.490 e. The fourth-order valence-electron chi connectivity index (χ4n) is 7.86. The Morgan fingerprint density at radius 1 is 0.879 bits per heavy atom. The van der Waals surface area contributed by atoms with Crippen molar-refractivity contribution in [1.29, 1.82) is 0 Å². The molecule has 4 fully saturated rings. The molecule has 3 saturated carbocycles. The molecule has 0 spiro atoms. The van der Waals surface area contributed by atoms with Gasteiger partial charge in [-0.05, 0) is 85.9 Å². The van der Waals surface area contributed by atoms with Gasteiger partial charge in [0.1, 0.15) is 6.10 Å². The molecule has 33 heavy (non-hydrogen) atoms. The number of nitrogens with zero attached hydrogens (tertiary/aromatic N) is 1. The Labute approximate surface area is 189 Å². The number of halogens is 6. The lowest BCUT2D eigenvalue weighted by molar-refractivity contribution is -0.211. The molecule has 0 bridgehead atoms. The summed E-state index contributed by atoms with van der Waals surface area (Å²) in [4.78, 5) is 24.1. The summed E-state index contributed by atoms with van der Waals surface area (Å²) in [6.45, 7) is 4.43. The number of piperidine rings is 1. The first-order valence-electron chi connectivity index (χ1n) is 11.8. The van der Waals surface area contributed by atoms with Crippen LogP contribution in [-0.4, -0.2) is 48.3 Å². The Balaban J connectivity index is 1.45. The molecule has 0 aromatic carbocycles. The molecule has 7 atom stereocenters. The van der Waals surface area contributed by atoms with E-state index in [0.29, 0.717) is 37.5 Å². The Kier molecular flexibility index (Phi) is 6.00. The van der Waals surface area contributed by atoms with Crippen LogP contribution < -0.4 is 0 Å². The highest BCUT2D eigenvalue weighted by Gasteiger charge is 2.59. The predicted octanol–water partition coefficient (Wildman–Crippen LogP) is 5.50. The zero-order valence-electron chi connectivity index (χ0n) is 18.9. The van der Waals surface area contributed by atoms with Gasteiger partial charge in [-0.3, -0.25) is 4.79 Å². The number of alkyl halides is 6. The molecular weight excluding hydrogens is 452 g/mol. The van der Waals surface area contributed by atoms with Gasteiger partial charge in [-0.1, -0.05) is 13.8 Å². The Morgan fingerprint density at radius 3 is 2.21 bits per heavy atom. The minimum atomic E-state index is -4.99. The third-order valence-electron chi connectivity index (χ3n) is 9.43. The second-order valence-electron chi connectivity index (χ2n) is 11.2. The highest BCUT2D eigenvalue weighted by molar-refractivity contribution is 5.82. The number of carbonyl (C=O) groups is 2. The molecule has 1 aliphatic heterocycles. The first-order chi connectivity index (χ1) is 15.1. The lowest BCUT2D eigenvalue weighted by Gasteiger charge is -2.63. The van der Waals surface area contributed by atoms with E-state index in [0.717, 1.165) is 30.6 Å². The average molecular weight is 483 g/mol. The number of carbonyl (C=O) groups excluding carboxylic acids is 2. The van der Waals surface area contributed by atoms with Crippen molar-refractivity contribution in [2.24, 2.45) is 34.5 Å². The fourth-order valence-corrected chi connectivity index (χ4v) is 7.86.